The Morgan fingerprint density at radius 1 is 1.11 bits per heavy atom. The van der Waals surface area contributed by atoms with Gasteiger partial charge in [-0.05, 0) is 30.7 Å². The van der Waals surface area contributed by atoms with Crippen LogP contribution in [0.5, 0.6) is 5.75 Å². The van der Waals surface area contributed by atoms with Gasteiger partial charge in [0.1, 0.15) is 29.6 Å². The average molecular weight is 365 g/mol. The molecule has 3 aromatic rings. The van der Waals surface area contributed by atoms with Crippen LogP contribution in [0.2, 0.25) is 0 Å². The molecule has 5 nitrogen and oxygen atoms in total. The zero-order valence-electron chi connectivity index (χ0n) is 15.1. The Kier molecular flexibility index (Phi) is 4.62. The summed E-state index contributed by atoms with van der Waals surface area (Å²) in [4.78, 5) is 14.5. The molecule has 0 fully saturated rings. The number of hydrogen-bond acceptors (Lipinski definition) is 3. The fourth-order valence-corrected chi connectivity index (χ4v) is 3.22. The number of carbonyl (C=O) groups is 1. The van der Waals surface area contributed by atoms with Crippen molar-refractivity contribution >= 4 is 5.91 Å². The number of aryl methyl sites for hydroxylation is 1. The van der Waals surface area contributed by atoms with Crippen molar-refractivity contribution in [3.8, 4) is 5.75 Å². The van der Waals surface area contributed by atoms with Crippen LogP contribution in [0.15, 0.2) is 54.6 Å². The molecule has 2 heterocycles. The average Bonchev–Trinajstić information content (AvgIpc) is 3.11. The summed E-state index contributed by atoms with van der Waals surface area (Å²) in [6.07, 6.45) is 0. The maximum atomic E-state index is 14.3. The second kappa shape index (κ2) is 7.23. The summed E-state index contributed by atoms with van der Waals surface area (Å²) in [6.45, 7) is 3.36. The van der Waals surface area contributed by atoms with Crippen LogP contribution in [0, 0.1) is 12.7 Å². The SMILES string of the molecule is Cc1cccc(CN2CCn3nc(COc4ccccc4)cc3C2=O)c1F. The Labute approximate surface area is 157 Å². The molecule has 0 N–H and O–H groups in total. The first-order valence-corrected chi connectivity index (χ1v) is 8.89. The van der Waals surface area contributed by atoms with Gasteiger partial charge in [-0.1, -0.05) is 36.4 Å². The standard InChI is InChI=1S/C21H20FN3O2/c1-15-6-5-7-16(20(15)22)13-24-10-11-25-19(21(24)26)12-17(23-25)14-27-18-8-3-2-4-9-18/h2-9,12H,10-11,13-14H2,1H3. The third-order valence-electron chi connectivity index (χ3n) is 4.68. The third-order valence-corrected chi connectivity index (χ3v) is 4.68. The topological polar surface area (TPSA) is 47.4 Å². The van der Waals surface area contributed by atoms with Gasteiger partial charge in [0.25, 0.3) is 5.91 Å². The normalized spacial score (nSPS) is 13.6. The Hall–Kier alpha value is -3.15. The molecule has 0 unspecified atom stereocenters. The Bertz CT molecular complexity index is 969. The summed E-state index contributed by atoms with van der Waals surface area (Å²) in [6, 6.07) is 16.5. The number of carbonyl (C=O) groups excluding carboxylic acids is 1. The number of ether oxygens (including phenoxy) is 1. The number of hydrogen-bond donors (Lipinski definition) is 0. The van der Waals surface area contributed by atoms with Crippen LogP contribution in [-0.2, 0) is 19.7 Å². The van der Waals surface area contributed by atoms with Gasteiger partial charge >= 0.3 is 0 Å². The van der Waals surface area contributed by atoms with Gasteiger partial charge in [0.05, 0.1) is 6.54 Å². The molecule has 2 aromatic carbocycles. The van der Waals surface area contributed by atoms with Gasteiger partial charge in [-0.15, -0.1) is 0 Å². The molecule has 0 aliphatic carbocycles. The second-order valence-electron chi connectivity index (χ2n) is 6.62. The smallest absolute Gasteiger partial charge is 0.272 e. The number of halogens is 1. The molecule has 1 aliphatic rings. The minimum Gasteiger partial charge on any atom is -0.487 e. The van der Waals surface area contributed by atoms with E-state index < -0.39 is 0 Å². The molecule has 0 saturated heterocycles. The number of nitrogens with zero attached hydrogens (tertiary/aromatic N) is 3. The van der Waals surface area contributed by atoms with Crippen molar-refractivity contribution in [2.45, 2.75) is 26.6 Å². The van der Waals surface area contributed by atoms with E-state index in [0.717, 1.165) is 5.75 Å². The van der Waals surface area contributed by atoms with E-state index in [-0.39, 0.29) is 18.3 Å². The highest BCUT2D eigenvalue weighted by Crippen LogP contribution is 2.20. The largest absolute Gasteiger partial charge is 0.487 e. The molecule has 1 aromatic heterocycles. The molecule has 4 rings (SSSR count). The molecule has 6 heteroatoms. The number of benzene rings is 2. The van der Waals surface area contributed by atoms with E-state index in [2.05, 4.69) is 5.10 Å². The van der Waals surface area contributed by atoms with E-state index >= 15 is 0 Å². The maximum Gasteiger partial charge on any atom is 0.272 e. The first-order valence-electron chi connectivity index (χ1n) is 8.89. The van der Waals surface area contributed by atoms with Gasteiger partial charge in [0.15, 0.2) is 0 Å². The molecular weight excluding hydrogens is 345 g/mol. The Balaban J connectivity index is 1.47. The van der Waals surface area contributed by atoms with E-state index in [4.69, 9.17) is 4.74 Å². The molecule has 0 spiro atoms. The van der Waals surface area contributed by atoms with E-state index in [0.29, 0.717) is 42.2 Å². The van der Waals surface area contributed by atoms with Crippen molar-refractivity contribution < 1.29 is 13.9 Å². The van der Waals surface area contributed by atoms with Crippen LogP contribution in [0.4, 0.5) is 4.39 Å². The van der Waals surface area contributed by atoms with Gasteiger partial charge < -0.3 is 9.64 Å². The predicted octanol–water partition coefficient (Wildman–Crippen LogP) is 3.57. The van der Waals surface area contributed by atoms with Gasteiger partial charge in [0, 0.05) is 18.7 Å². The molecule has 0 saturated carbocycles. The van der Waals surface area contributed by atoms with Crippen molar-refractivity contribution in [1.29, 1.82) is 0 Å². The van der Waals surface area contributed by atoms with Gasteiger partial charge in [-0.3, -0.25) is 9.48 Å². The van der Waals surface area contributed by atoms with Crippen molar-refractivity contribution in [2.24, 2.45) is 0 Å². The summed E-state index contributed by atoms with van der Waals surface area (Å²) in [5, 5.41) is 4.46. The lowest BCUT2D eigenvalue weighted by Crippen LogP contribution is -2.40. The molecule has 0 radical (unpaired) electrons. The van der Waals surface area contributed by atoms with Crippen LogP contribution < -0.4 is 4.74 Å². The minimum atomic E-state index is -0.249. The Morgan fingerprint density at radius 3 is 2.74 bits per heavy atom. The van der Waals surface area contributed by atoms with E-state index in [1.807, 2.05) is 36.4 Å². The first-order chi connectivity index (χ1) is 13.1. The number of amides is 1. The lowest BCUT2D eigenvalue weighted by atomic mass is 10.1. The van der Waals surface area contributed by atoms with Crippen LogP contribution in [0.25, 0.3) is 0 Å². The fraction of sp³-hybridized carbons (Fsp3) is 0.238. The number of fused-ring (bicyclic) bond motifs is 1. The summed E-state index contributed by atoms with van der Waals surface area (Å²) in [5.41, 5.74) is 2.33. The summed E-state index contributed by atoms with van der Waals surface area (Å²) in [5.74, 6) is 0.369. The fourth-order valence-electron chi connectivity index (χ4n) is 3.22. The van der Waals surface area contributed by atoms with Gasteiger partial charge in [-0.25, -0.2) is 4.39 Å². The zero-order valence-corrected chi connectivity index (χ0v) is 15.1. The highest BCUT2D eigenvalue weighted by molar-refractivity contribution is 5.93. The van der Waals surface area contributed by atoms with E-state index in [9.17, 15) is 9.18 Å². The molecule has 1 aliphatic heterocycles. The lowest BCUT2D eigenvalue weighted by molar-refractivity contribution is 0.0681. The number of para-hydroxylation sites is 1. The number of aromatic nitrogens is 2. The molecule has 138 valence electrons. The van der Waals surface area contributed by atoms with Crippen molar-refractivity contribution in [1.82, 2.24) is 14.7 Å². The van der Waals surface area contributed by atoms with Crippen molar-refractivity contribution in [3.63, 3.8) is 0 Å². The quantitative estimate of drug-likeness (QED) is 0.695. The maximum absolute atomic E-state index is 14.3. The van der Waals surface area contributed by atoms with E-state index in [1.165, 1.54) is 0 Å². The van der Waals surface area contributed by atoms with E-state index in [1.54, 1.807) is 34.7 Å². The first kappa shape index (κ1) is 17.3. The molecule has 0 bridgehead atoms. The summed E-state index contributed by atoms with van der Waals surface area (Å²) in [7, 11) is 0. The zero-order chi connectivity index (χ0) is 18.8. The molecule has 27 heavy (non-hydrogen) atoms. The molecule has 0 atom stereocenters. The van der Waals surface area contributed by atoms with Gasteiger partial charge in [0.2, 0.25) is 0 Å². The second-order valence-corrected chi connectivity index (χ2v) is 6.62. The highest BCUT2D eigenvalue weighted by atomic mass is 19.1. The molecular formula is C21H20FN3O2. The summed E-state index contributed by atoms with van der Waals surface area (Å²) >= 11 is 0. The monoisotopic (exact) mass is 365 g/mol. The molecule has 1 amide bonds. The lowest BCUT2D eigenvalue weighted by Gasteiger charge is -2.27. The van der Waals surface area contributed by atoms with Crippen LogP contribution in [-0.4, -0.2) is 27.1 Å². The van der Waals surface area contributed by atoms with Gasteiger partial charge in [-0.2, -0.15) is 5.10 Å². The highest BCUT2D eigenvalue weighted by Gasteiger charge is 2.27. The van der Waals surface area contributed by atoms with Crippen LogP contribution in [0.3, 0.4) is 0 Å². The number of rotatable bonds is 5. The summed E-state index contributed by atoms with van der Waals surface area (Å²) < 4.78 is 21.7. The van der Waals surface area contributed by atoms with Crippen LogP contribution >= 0.6 is 0 Å². The van der Waals surface area contributed by atoms with Crippen LogP contribution in [0.1, 0.15) is 27.3 Å². The van der Waals surface area contributed by atoms with Crippen molar-refractivity contribution in [2.75, 3.05) is 6.54 Å². The predicted molar refractivity (Wildman–Crippen MR) is 98.9 cm³/mol. The minimum absolute atomic E-state index is 0.138. The Morgan fingerprint density at radius 2 is 1.93 bits per heavy atom. The van der Waals surface area contributed by atoms with Crippen molar-refractivity contribution in [3.05, 3.63) is 82.9 Å². The third kappa shape index (κ3) is 3.56.